The van der Waals surface area contributed by atoms with Crippen LogP contribution in [0.25, 0.3) is 0 Å². The van der Waals surface area contributed by atoms with Crippen molar-refractivity contribution in [3.63, 3.8) is 0 Å². The lowest BCUT2D eigenvalue weighted by molar-refractivity contribution is -0.132. The maximum atomic E-state index is 11.5. The van der Waals surface area contributed by atoms with Gasteiger partial charge in [-0.15, -0.1) is 0 Å². The summed E-state index contributed by atoms with van der Waals surface area (Å²) in [7, 11) is 0. The summed E-state index contributed by atoms with van der Waals surface area (Å²) < 4.78 is 5.25. The van der Waals surface area contributed by atoms with Gasteiger partial charge in [-0.25, -0.2) is 4.79 Å². The van der Waals surface area contributed by atoms with Crippen LogP contribution in [0.3, 0.4) is 0 Å². The molecule has 80 valence electrons. The van der Waals surface area contributed by atoms with Gasteiger partial charge in [0.25, 0.3) is 0 Å². The normalized spacial score (nSPS) is 22.2. The van der Waals surface area contributed by atoms with E-state index < -0.39 is 0 Å². The molecule has 2 nitrogen and oxygen atoms in total. The molecular formula is C13H16O2. The number of hydrogen-bond donors (Lipinski definition) is 0. The summed E-state index contributed by atoms with van der Waals surface area (Å²) in [4.78, 5) is 11.5. The van der Waals surface area contributed by atoms with Crippen LogP contribution in [-0.2, 0) is 9.53 Å². The average molecular weight is 204 g/mol. The van der Waals surface area contributed by atoms with E-state index >= 15 is 0 Å². The fourth-order valence-corrected chi connectivity index (χ4v) is 1.93. The number of hydrogen-bond acceptors (Lipinski definition) is 2. The van der Waals surface area contributed by atoms with Crippen molar-refractivity contribution in [3.8, 4) is 0 Å². The summed E-state index contributed by atoms with van der Waals surface area (Å²) in [5.74, 6) is 0.636. The second-order valence-corrected chi connectivity index (χ2v) is 3.93. The molecule has 2 rings (SSSR count). The molecule has 0 fully saturated rings. The van der Waals surface area contributed by atoms with Crippen LogP contribution in [0.15, 0.2) is 35.1 Å². The maximum Gasteiger partial charge on any atom is 0.343 e. The zero-order valence-corrected chi connectivity index (χ0v) is 9.08. The monoisotopic (exact) mass is 204 g/mol. The molecular weight excluding hydrogens is 188 g/mol. The number of carbonyl (C=O) groups excluding carboxylic acids is 1. The first-order chi connectivity index (χ1) is 7.33. The van der Waals surface area contributed by atoms with Gasteiger partial charge < -0.3 is 4.74 Å². The van der Waals surface area contributed by atoms with E-state index in [1.165, 1.54) is 6.42 Å². The molecule has 0 atom stereocenters. The third kappa shape index (κ3) is 2.04. The predicted molar refractivity (Wildman–Crippen MR) is 59.1 cm³/mol. The summed E-state index contributed by atoms with van der Waals surface area (Å²) in [6, 6.07) is 0. The van der Waals surface area contributed by atoms with Crippen molar-refractivity contribution < 1.29 is 9.53 Å². The quantitative estimate of drug-likeness (QED) is 0.521. The first kappa shape index (κ1) is 10.2. The summed E-state index contributed by atoms with van der Waals surface area (Å²) in [6.07, 6.45) is 11.3. The van der Waals surface area contributed by atoms with Gasteiger partial charge in [-0.05, 0) is 31.8 Å². The molecule has 0 saturated heterocycles. The predicted octanol–water partition coefficient (Wildman–Crippen LogP) is 3.26. The molecule has 0 aromatic rings. The number of carbonyl (C=O) groups is 1. The molecule has 0 aromatic heterocycles. The van der Waals surface area contributed by atoms with Crippen LogP contribution >= 0.6 is 0 Å². The molecule has 1 aliphatic heterocycles. The Morgan fingerprint density at radius 2 is 2.40 bits per heavy atom. The summed E-state index contributed by atoms with van der Waals surface area (Å²) >= 11 is 0. The van der Waals surface area contributed by atoms with Crippen molar-refractivity contribution in [2.24, 2.45) is 0 Å². The average Bonchev–Trinajstić information content (AvgIpc) is 2.58. The molecule has 15 heavy (non-hydrogen) atoms. The number of rotatable bonds is 3. The third-order valence-electron chi connectivity index (χ3n) is 2.78. The fraction of sp³-hybridized carbons (Fsp3) is 0.462. The van der Waals surface area contributed by atoms with Crippen molar-refractivity contribution in [1.82, 2.24) is 0 Å². The highest BCUT2D eigenvalue weighted by molar-refractivity contribution is 5.97. The van der Waals surface area contributed by atoms with E-state index in [1.54, 1.807) is 0 Å². The molecule has 0 unspecified atom stereocenters. The van der Waals surface area contributed by atoms with Crippen LogP contribution in [0.2, 0.25) is 0 Å². The standard InChI is InChI=1S/C13H16O2/c1-2-3-4-9-12-10-7-5-6-8-11(10)13(14)15-12/h6,8-9H,2-5,7H2,1H3/b12-9-. The molecule has 1 aliphatic carbocycles. The lowest BCUT2D eigenvalue weighted by atomic mass is 9.97. The highest BCUT2D eigenvalue weighted by Crippen LogP contribution is 2.33. The maximum absolute atomic E-state index is 11.5. The fourth-order valence-electron chi connectivity index (χ4n) is 1.93. The van der Waals surface area contributed by atoms with Crippen molar-refractivity contribution in [1.29, 1.82) is 0 Å². The third-order valence-corrected chi connectivity index (χ3v) is 2.78. The number of unbranched alkanes of at least 4 members (excludes halogenated alkanes) is 2. The van der Waals surface area contributed by atoms with Crippen LogP contribution < -0.4 is 0 Å². The van der Waals surface area contributed by atoms with E-state index in [9.17, 15) is 4.79 Å². The molecule has 1 heterocycles. The van der Waals surface area contributed by atoms with Crippen LogP contribution in [0.4, 0.5) is 0 Å². The zero-order valence-electron chi connectivity index (χ0n) is 9.08. The van der Waals surface area contributed by atoms with E-state index in [1.807, 2.05) is 12.2 Å². The van der Waals surface area contributed by atoms with Crippen LogP contribution in [-0.4, -0.2) is 5.97 Å². The van der Waals surface area contributed by atoms with Crippen LogP contribution in [0.5, 0.6) is 0 Å². The molecule has 0 radical (unpaired) electrons. The molecule has 0 aromatic carbocycles. The van der Waals surface area contributed by atoms with E-state index in [0.29, 0.717) is 0 Å². The van der Waals surface area contributed by atoms with E-state index in [-0.39, 0.29) is 5.97 Å². The Morgan fingerprint density at radius 3 is 3.20 bits per heavy atom. The first-order valence-electron chi connectivity index (χ1n) is 5.65. The van der Waals surface area contributed by atoms with Gasteiger partial charge in [0.2, 0.25) is 0 Å². The van der Waals surface area contributed by atoms with Gasteiger partial charge in [-0.2, -0.15) is 0 Å². The molecule has 0 saturated carbocycles. The second kappa shape index (κ2) is 4.47. The Hall–Kier alpha value is -1.31. The van der Waals surface area contributed by atoms with Crippen LogP contribution in [0.1, 0.15) is 39.0 Å². The zero-order chi connectivity index (χ0) is 10.7. The van der Waals surface area contributed by atoms with Crippen molar-refractivity contribution >= 4 is 5.97 Å². The number of allylic oxidation sites excluding steroid dienone is 3. The summed E-state index contributed by atoms with van der Waals surface area (Å²) in [5, 5.41) is 0. The Balaban J connectivity index is 2.15. The minimum atomic E-state index is -0.177. The lowest BCUT2D eigenvalue weighted by Crippen LogP contribution is -1.97. The van der Waals surface area contributed by atoms with E-state index in [4.69, 9.17) is 4.74 Å². The topological polar surface area (TPSA) is 26.3 Å². The second-order valence-electron chi connectivity index (χ2n) is 3.93. The SMILES string of the molecule is CCCC/C=C1\OC(=O)C2=C1CCC=C2. The van der Waals surface area contributed by atoms with Gasteiger partial charge >= 0.3 is 5.97 Å². The lowest BCUT2D eigenvalue weighted by Gasteiger charge is -2.05. The van der Waals surface area contributed by atoms with Crippen LogP contribution in [0, 0.1) is 0 Å². The smallest absolute Gasteiger partial charge is 0.343 e. The van der Waals surface area contributed by atoms with E-state index in [2.05, 4.69) is 13.0 Å². The highest BCUT2D eigenvalue weighted by atomic mass is 16.5. The largest absolute Gasteiger partial charge is 0.423 e. The van der Waals surface area contributed by atoms with Gasteiger partial charge in [0.15, 0.2) is 0 Å². The minimum absolute atomic E-state index is 0.177. The molecule has 0 amide bonds. The summed E-state index contributed by atoms with van der Waals surface area (Å²) in [5.41, 5.74) is 1.88. The molecule has 0 spiro atoms. The van der Waals surface area contributed by atoms with Crippen molar-refractivity contribution in [3.05, 3.63) is 35.1 Å². The van der Waals surface area contributed by atoms with Gasteiger partial charge in [0.1, 0.15) is 5.76 Å². The molecule has 2 aliphatic rings. The van der Waals surface area contributed by atoms with Gasteiger partial charge in [0.05, 0.1) is 5.57 Å². The Morgan fingerprint density at radius 1 is 1.53 bits per heavy atom. The van der Waals surface area contributed by atoms with Gasteiger partial charge in [0, 0.05) is 5.57 Å². The minimum Gasteiger partial charge on any atom is -0.423 e. The van der Waals surface area contributed by atoms with Gasteiger partial charge in [-0.1, -0.05) is 25.5 Å². The summed E-state index contributed by atoms with van der Waals surface area (Å²) in [6.45, 7) is 2.16. The molecule has 0 N–H and O–H groups in total. The Kier molecular flexibility index (Phi) is 3.05. The number of esters is 1. The Bertz CT molecular complexity index is 359. The van der Waals surface area contributed by atoms with Crippen molar-refractivity contribution in [2.75, 3.05) is 0 Å². The highest BCUT2D eigenvalue weighted by Gasteiger charge is 2.28. The number of ether oxygens (including phenoxy) is 1. The van der Waals surface area contributed by atoms with E-state index in [0.717, 1.165) is 42.6 Å². The Labute approximate surface area is 90.3 Å². The van der Waals surface area contributed by atoms with Gasteiger partial charge in [-0.3, -0.25) is 0 Å². The number of cyclic esters (lactones) is 1. The first-order valence-corrected chi connectivity index (χ1v) is 5.65. The molecule has 2 heteroatoms. The molecule has 0 bridgehead atoms. The van der Waals surface area contributed by atoms with Crippen molar-refractivity contribution in [2.45, 2.75) is 39.0 Å².